The van der Waals surface area contributed by atoms with Crippen LogP contribution in [0.15, 0.2) is 29.2 Å². The Labute approximate surface area is 195 Å². The van der Waals surface area contributed by atoms with E-state index in [-0.39, 0.29) is 28.8 Å². The van der Waals surface area contributed by atoms with Gasteiger partial charge in [0.05, 0.1) is 34.3 Å². The van der Waals surface area contributed by atoms with E-state index in [9.17, 15) is 18.5 Å². The molecule has 11 heteroatoms. The number of carbonyl (C=O) groups excluding carboxylic acids is 1. The van der Waals surface area contributed by atoms with Gasteiger partial charge in [0.15, 0.2) is 9.84 Å². The highest BCUT2D eigenvalue weighted by molar-refractivity contribution is 7.92. The molecule has 33 heavy (non-hydrogen) atoms. The number of ether oxygens (including phenoxy) is 1. The lowest BCUT2D eigenvalue weighted by Crippen LogP contribution is -2.58. The van der Waals surface area contributed by atoms with Crippen LogP contribution in [0.4, 0.5) is 5.69 Å². The van der Waals surface area contributed by atoms with E-state index in [1.54, 1.807) is 45.0 Å². The van der Waals surface area contributed by atoms with Gasteiger partial charge in [-0.2, -0.15) is 10.4 Å². The molecule has 0 spiro atoms. The fourth-order valence-electron chi connectivity index (χ4n) is 4.58. The van der Waals surface area contributed by atoms with Crippen LogP contribution < -0.4 is 16.1 Å². The van der Waals surface area contributed by atoms with E-state index in [2.05, 4.69) is 22.1 Å². The number of rotatable bonds is 4. The molecule has 3 fully saturated rings. The highest BCUT2D eigenvalue weighted by atomic mass is 32.2. The molecule has 10 nitrogen and oxygen atoms in total. The molecule has 1 amide bonds. The van der Waals surface area contributed by atoms with Crippen molar-refractivity contribution in [1.29, 1.82) is 5.26 Å². The zero-order valence-corrected chi connectivity index (χ0v) is 20.1. The second kappa shape index (κ2) is 9.19. The van der Waals surface area contributed by atoms with Gasteiger partial charge < -0.3 is 15.4 Å². The summed E-state index contributed by atoms with van der Waals surface area (Å²) in [6.45, 7) is 7.21. The number of benzene rings is 1. The maximum Gasteiger partial charge on any atom is 0.228 e. The predicted octanol–water partition coefficient (Wildman–Crippen LogP) is 0.851. The van der Waals surface area contributed by atoms with E-state index in [0.717, 1.165) is 6.42 Å². The van der Waals surface area contributed by atoms with Crippen molar-refractivity contribution in [3.8, 4) is 6.07 Å². The molecular weight excluding hydrogens is 444 g/mol. The van der Waals surface area contributed by atoms with Crippen LogP contribution in [0.3, 0.4) is 0 Å². The number of sulfone groups is 1. The quantitative estimate of drug-likeness (QED) is 0.580. The van der Waals surface area contributed by atoms with Crippen LogP contribution in [-0.4, -0.2) is 73.8 Å². The lowest BCUT2D eigenvalue weighted by molar-refractivity contribution is -0.133. The van der Waals surface area contributed by atoms with Gasteiger partial charge in [0, 0.05) is 31.8 Å². The number of fused-ring (bicyclic) bond motifs is 1. The van der Waals surface area contributed by atoms with Crippen molar-refractivity contribution in [2.45, 2.75) is 61.5 Å². The highest BCUT2D eigenvalue weighted by Gasteiger charge is 2.50. The highest BCUT2D eigenvalue weighted by Crippen LogP contribution is 2.32. The van der Waals surface area contributed by atoms with Crippen molar-refractivity contribution >= 4 is 21.4 Å². The molecule has 1 aromatic carbocycles. The molecule has 0 bridgehead atoms. The van der Waals surface area contributed by atoms with Crippen molar-refractivity contribution in [1.82, 2.24) is 20.9 Å². The zero-order chi connectivity index (χ0) is 23.8. The SMILES string of the molecule is CC(C)(C)S(=O)(=O)c1ccc(NC2NN(N3CCOCC[C@@H]3C#N)C3CCNC(=O)C23)cc1. The van der Waals surface area contributed by atoms with Crippen molar-refractivity contribution in [2.24, 2.45) is 5.92 Å². The molecule has 0 aliphatic carbocycles. The first-order valence-corrected chi connectivity index (χ1v) is 12.8. The summed E-state index contributed by atoms with van der Waals surface area (Å²) in [5.74, 6) is -0.425. The zero-order valence-electron chi connectivity index (χ0n) is 19.2. The number of nitrogens with zero attached hydrogens (tertiary/aromatic N) is 3. The fourth-order valence-corrected chi connectivity index (χ4v) is 5.78. The number of hydrogen-bond donors (Lipinski definition) is 3. The molecule has 3 N–H and O–H groups in total. The van der Waals surface area contributed by atoms with Crippen LogP contribution in [0.2, 0.25) is 0 Å². The second-order valence-corrected chi connectivity index (χ2v) is 12.3. The summed E-state index contributed by atoms with van der Waals surface area (Å²) in [7, 11) is -3.45. The minimum atomic E-state index is -3.45. The molecule has 0 aromatic heterocycles. The molecule has 4 rings (SSSR count). The summed E-state index contributed by atoms with van der Waals surface area (Å²) >= 11 is 0. The minimum Gasteiger partial charge on any atom is -0.380 e. The Morgan fingerprint density at radius 2 is 1.91 bits per heavy atom. The first kappa shape index (κ1) is 23.9. The van der Waals surface area contributed by atoms with Crippen LogP contribution in [0.1, 0.15) is 33.6 Å². The smallest absolute Gasteiger partial charge is 0.228 e. The number of amides is 1. The summed E-state index contributed by atoms with van der Waals surface area (Å²) in [5.41, 5.74) is 4.11. The van der Waals surface area contributed by atoms with Crippen molar-refractivity contribution in [3.05, 3.63) is 24.3 Å². The summed E-state index contributed by atoms with van der Waals surface area (Å²) in [4.78, 5) is 13.1. The standard InChI is InChI=1S/C22H32N6O4S/c1-22(2,3)33(30,31)17-6-4-15(5-7-17)25-20-19-18(8-10-24-21(19)29)28(26-20)27-11-13-32-12-9-16(27)14-23/h4-7,16,18-20,25-26H,8-13H2,1-3H3,(H,24,29)/t16-,18?,19?,20?/m1/s1. The number of hydrazine groups is 2. The van der Waals surface area contributed by atoms with E-state index < -0.39 is 20.8 Å². The Morgan fingerprint density at radius 1 is 1.18 bits per heavy atom. The fraction of sp³-hybridized carbons (Fsp3) is 0.636. The number of nitrogens with one attached hydrogen (secondary N) is 3. The lowest BCUT2D eigenvalue weighted by atomic mass is 9.91. The number of carbonyl (C=O) groups is 1. The van der Waals surface area contributed by atoms with Gasteiger partial charge in [0.1, 0.15) is 12.2 Å². The molecule has 3 heterocycles. The molecule has 1 aromatic rings. The third-order valence-electron chi connectivity index (χ3n) is 6.48. The third kappa shape index (κ3) is 4.58. The Kier molecular flexibility index (Phi) is 6.66. The van der Waals surface area contributed by atoms with Crippen LogP contribution in [-0.2, 0) is 19.4 Å². The first-order chi connectivity index (χ1) is 15.6. The van der Waals surface area contributed by atoms with Crippen molar-refractivity contribution < 1.29 is 17.9 Å². The van der Waals surface area contributed by atoms with E-state index in [4.69, 9.17) is 4.74 Å². The van der Waals surface area contributed by atoms with E-state index in [0.29, 0.717) is 38.4 Å². The van der Waals surface area contributed by atoms with Crippen LogP contribution in [0.5, 0.6) is 0 Å². The van der Waals surface area contributed by atoms with Gasteiger partial charge in [-0.15, -0.1) is 0 Å². The van der Waals surface area contributed by atoms with Gasteiger partial charge in [-0.05, 0) is 51.5 Å². The van der Waals surface area contributed by atoms with E-state index >= 15 is 0 Å². The monoisotopic (exact) mass is 476 g/mol. The van der Waals surface area contributed by atoms with Crippen molar-refractivity contribution in [2.75, 3.05) is 31.6 Å². The summed E-state index contributed by atoms with van der Waals surface area (Å²) in [6.07, 6.45) is 0.934. The van der Waals surface area contributed by atoms with Crippen molar-refractivity contribution in [3.63, 3.8) is 0 Å². The Morgan fingerprint density at radius 3 is 2.58 bits per heavy atom. The number of piperidine rings is 1. The summed E-state index contributed by atoms with van der Waals surface area (Å²) in [5, 5.41) is 19.9. The molecular formula is C22H32N6O4S. The Balaban J connectivity index is 1.56. The number of hydrogen-bond acceptors (Lipinski definition) is 9. The lowest BCUT2D eigenvalue weighted by Gasteiger charge is -2.38. The summed E-state index contributed by atoms with van der Waals surface area (Å²) < 4.78 is 30.1. The molecule has 0 saturated carbocycles. The van der Waals surface area contributed by atoms with Gasteiger partial charge in [-0.1, -0.05) is 0 Å². The average molecular weight is 477 g/mol. The first-order valence-electron chi connectivity index (χ1n) is 11.3. The Bertz CT molecular complexity index is 1020. The van der Waals surface area contributed by atoms with E-state index in [1.165, 1.54) is 0 Å². The molecule has 3 saturated heterocycles. The molecule has 3 unspecified atom stereocenters. The maximum atomic E-state index is 12.8. The van der Waals surface area contributed by atoms with Crippen LogP contribution in [0, 0.1) is 17.2 Å². The second-order valence-electron chi connectivity index (χ2n) is 9.62. The molecule has 3 aliphatic rings. The van der Waals surface area contributed by atoms with Gasteiger partial charge in [-0.3, -0.25) is 4.79 Å². The minimum absolute atomic E-state index is 0.0507. The molecule has 4 atom stereocenters. The molecule has 3 aliphatic heterocycles. The average Bonchev–Trinajstić information content (AvgIpc) is 2.97. The van der Waals surface area contributed by atoms with Gasteiger partial charge >= 0.3 is 0 Å². The summed E-state index contributed by atoms with van der Waals surface area (Å²) in [6, 6.07) is 8.53. The van der Waals surface area contributed by atoms with Gasteiger partial charge in [-0.25, -0.2) is 18.9 Å². The van der Waals surface area contributed by atoms with Gasteiger partial charge in [0.2, 0.25) is 5.91 Å². The molecule has 0 radical (unpaired) electrons. The van der Waals surface area contributed by atoms with Crippen LogP contribution in [0.25, 0.3) is 0 Å². The normalized spacial score (nSPS) is 29.6. The predicted molar refractivity (Wildman–Crippen MR) is 122 cm³/mol. The number of nitriles is 1. The third-order valence-corrected chi connectivity index (χ3v) is 8.99. The largest absolute Gasteiger partial charge is 0.380 e. The van der Waals surface area contributed by atoms with E-state index in [1.807, 2.05) is 10.1 Å². The Hall–Kier alpha value is -2.23. The maximum absolute atomic E-state index is 12.8. The number of anilines is 1. The van der Waals surface area contributed by atoms with Gasteiger partial charge in [0.25, 0.3) is 0 Å². The van der Waals surface area contributed by atoms with Crippen LogP contribution >= 0.6 is 0 Å². The molecule has 180 valence electrons. The topological polar surface area (TPSA) is 127 Å².